The minimum atomic E-state index is -2.98. The fraction of sp³-hybridized carbons (Fsp3) is 0.533. The maximum atomic E-state index is 12.0. The molecule has 6 heteroatoms. The van der Waals surface area contributed by atoms with Crippen molar-refractivity contribution in [2.24, 2.45) is 0 Å². The van der Waals surface area contributed by atoms with Gasteiger partial charge in [0.1, 0.15) is 5.75 Å². The summed E-state index contributed by atoms with van der Waals surface area (Å²) < 4.78 is 28.3. The number of hydrogen-bond donors (Lipinski definition) is 0. The van der Waals surface area contributed by atoms with Gasteiger partial charge in [-0.3, -0.25) is 4.79 Å². The highest BCUT2D eigenvalue weighted by atomic mass is 32.2. The second kappa shape index (κ2) is 6.47. The molecule has 1 fully saturated rings. The molecular weight excluding hydrogens is 290 g/mol. The van der Waals surface area contributed by atoms with Gasteiger partial charge in [-0.05, 0) is 30.5 Å². The summed E-state index contributed by atoms with van der Waals surface area (Å²) in [4.78, 5) is 13.5. The molecule has 0 unspecified atom stereocenters. The number of aryl methyl sites for hydroxylation is 1. The van der Waals surface area contributed by atoms with Gasteiger partial charge in [0.2, 0.25) is 0 Å². The molecule has 0 bridgehead atoms. The van der Waals surface area contributed by atoms with E-state index in [2.05, 4.69) is 6.92 Å². The molecule has 1 heterocycles. The molecule has 1 aliphatic heterocycles. The van der Waals surface area contributed by atoms with Crippen molar-refractivity contribution in [1.29, 1.82) is 0 Å². The number of sulfone groups is 1. The molecule has 21 heavy (non-hydrogen) atoms. The Morgan fingerprint density at radius 2 is 2.00 bits per heavy atom. The fourth-order valence-corrected chi connectivity index (χ4v) is 4.13. The third-order valence-electron chi connectivity index (χ3n) is 3.84. The molecule has 2 rings (SSSR count). The van der Waals surface area contributed by atoms with E-state index in [0.717, 1.165) is 6.42 Å². The van der Waals surface area contributed by atoms with Crippen LogP contribution >= 0.6 is 0 Å². The van der Waals surface area contributed by atoms with Crippen LogP contribution in [0.4, 0.5) is 0 Å². The van der Waals surface area contributed by atoms with Crippen LogP contribution in [-0.2, 0) is 21.1 Å². The van der Waals surface area contributed by atoms with Crippen molar-refractivity contribution in [3.05, 3.63) is 29.8 Å². The van der Waals surface area contributed by atoms with Crippen molar-refractivity contribution < 1.29 is 17.9 Å². The van der Waals surface area contributed by atoms with Gasteiger partial charge in [0, 0.05) is 13.1 Å². The Balaban J connectivity index is 1.86. The van der Waals surface area contributed by atoms with Crippen LogP contribution in [0.1, 0.15) is 18.9 Å². The van der Waals surface area contributed by atoms with Crippen molar-refractivity contribution in [3.8, 4) is 5.75 Å². The number of likely N-dealkylation sites (N-methyl/N-ethyl adjacent to an activating group) is 1. The van der Waals surface area contributed by atoms with Crippen LogP contribution < -0.4 is 4.74 Å². The number of carbonyl (C=O) groups excluding carboxylic acids is 1. The maximum Gasteiger partial charge on any atom is 0.260 e. The van der Waals surface area contributed by atoms with E-state index in [9.17, 15) is 13.2 Å². The van der Waals surface area contributed by atoms with Crippen LogP contribution in [0.2, 0.25) is 0 Å². The van der Waals surface area contributed by atoms with E-state index in [1.165, 1.54) is 10.5 Å². The normalized spacial score (nSPS) is 20.2. The summed E-state index contributed by atoms with van der Waals surface area (Å²) >= 11 is 0. The molecular formula is C15H21NO4S. The first kappa shape index (κ1) is 15.8. The van der Waals surface area contributed by atoms with Gasteiger partial charge in [-0.2, -0.15) is 0 Å². The summed E-state index contributed by atoms with van der Waals surface area (Å²) in [5.41, 5.74) is 1.21. The lowest BCUT2D eigenvalue weighted by molar-refractivity contribution is -0.133. The zero-order valence-electron chi connectivity index (χ0n) is 12.4. The van der Waals surface area contributed by atoms with Crippen LogP contribution in [0.3, 0.4) is 0 Å². The van der Waals surface area contributed by atoms with Gasteiger partial charge in [0.05, 0.1) is 11.5 Å². The van der Waals surface area contributed by atoms with Crippen LogP contribution in [0.25, 0.3) is 0 Å². The molecule has 1 aromatic carbocycles. The predicted octanol–water partition coefficient (Wildman–Crippen LogP) is 1.27. The van der Waals surface area contributed by atoms with Crippen molar-refractivity contribution in [2.75, 3.05) is 25.2 Å². The van der Waals surface area contributed by atoms with E-state index in [4.69, 9.17) is 4.74 Å². The van der Waals surface area contributed by atoms with Crippen molar-refractivity contribution in [2.45, 2.75) is 25.8 Å². The summed E-state index contributed by atoms with van der Waals surface area (Å²) in [7, 11) is -1.35. The second-order valence-corrected chi connectivity index (χ2v) is 7.58. The van der Waals surface area contributed by atoms with Crippen molar-refractivity contribution in [3.63, 3.8) is 0 Å². The molecule has 1 aliphatic rings. The van der Waals surface area contributed by atoms with Gasteiger partial charge in [-0.1, -0.05) is 19.1 Å². The SMILES string of the molecule is CCc1ccc(OCC(=O)N(C)[C@@H]2CCS(=O)(=O)C2)cc1. The molecule has 1 atom stereocenters. The maximum absolute atomic E-state index is 12.0. The van der Waals surface area contributed by atoms with Crippen molar-refractivity contribution >= 4 is 15.7 Å². The lowest BCUT2D eigenvalue weighted by Gasteiger charge is -2.23. The molecule has 1 aromatic rings. The highest BCUT2D eigenvalue weighted by Gasteiger charge is 2.32. The van der Waals surface area contributed by atoms with Gasteiger partial charge in [-0.25, -0.2) is 8.42 Å². The Kier molecular flexibility index (Phi) is 4.88. The summed E-state index contributed by atoms with van der Waals surface area (Å²) in [6, 6.07) is 7.38. The Morgan fingerprint density at radius 1 is 1.33 bits per heavy atom. The highest BCUT2D eigenvalue weighted by Crippen LogP contribution is 2.17. The third kappa shape index (κ3) is 4.20. The number of hydrogen-bond acceptors (Lipinski definition) is 4. The number of rotatable bonds is 5. The van der Waals surface area contributed by atoms with Crippen LogP contribution in [0.15, 0.2) is 24.3 Å². The van der Waals surface area contributed by atoms with Crippen LogP contribution in [-0.4, -0.2) is 50.4 Å². The van der Waals surface area contributed by atoms with Gasteiger partial charge in [-0.15, -0.1) is 0 Å². The van der Waals surface area contributed by atoms with Crippen LogP contribution in [0.5, 0.6) is 5.75 Å². The first-order valence-corrected chi connectivity index (χ1v) is 8.91. The van der Waals surface area contributed by atoms with Crippen LogP contribution in [0, 0.1) is 0 Å². The van der Waals surface area contributed by atoms with Gasteiger partial charge in [0.25, 0.3) is 5.91 Å². The Hall–Kier alpha value is -1.56. The largest absolute Gasteiger partial charge is 0.484 e. The number of ether oxygens (including phenoxy) is 1. The first-order chi connectivity index (χ1) is 9.91. The van der Waals surface area contributed by atoms with E-state index in [1.54, 1.807) is 7.05 Å². The molecule has 0 aromatic heterocycles. The molecule has 0 aliphatic carbocycles. The molecule has 0 N–H and O–H groups in total. The Bertz CT molecular complexity index is 595. The van der Waals surface area contributed by atoms with E-state index in [0.29, 0.717) is 12.2 Å². The third-order valence-corrected chi connectivity index (χ3v) is 5.59. The minimum Gasteiger partial charge on any atom is -0.484 e. The molecule has 0 saturated carbocycles. The molecule has 1 amide bonds. The van der Waals surface area contributed by atoms with Crippen molar-refractivity contribution in [1.82, 2.24) is 4.90 Å². The monoisotopic (exact) mass is 311 g/mol. The average molecular weight is 311 g/mol. The summed E-state index contributed by atoms with van der Waals surface area (Å²) in [6.45, 7) is 2.00. The highest BCUT2D eigenvalue weighted by molar-refractivity contribution is 7.91. The lowest BCUT2D eigenvalue weighted by Crippen LogP contribution is -2.40. The quantitative estimate of drug-likeness (QED) is 0.821. The molecule has 0 spiro atoms. The standard InChI is InChI=1S/C15H21NO4S/c1-3-12-4-6-14(7-5-12)20-10-15(17)16(2)13-8-9-21(18,19)11-13/h4-7,13H,3,8-11H2,1-2H3/t13-/m1/s1. The fourth-order valence-electron chi connectivity index (χ4n) is 2.35. The summed E-state index contributed by atoms with van der Waals surface area (Å²) in [6.07, 6.45) is 1.47. The smallest absolute Gasteiger partial charge is 0.260 e. The Labute approximate surface area is 125 Å². The minimum absolute atomic E-state index is 0.0560. The first-order valence-electron chi connectivity index (χ1n) is 7.09. The molecule has 1 saturated heterocycles. The van der Waals surface area contributed by atoms with E-state index in [1.807, 2.05) is 24.3 Å². The molecule has 5 nitrogen and oxygen atoms in total. The summed E-state index contributed by atoms with van der Waals surface area (Å²) in [5, 5.41) is 0. The predicted molar refractivity (Wildman–Crippen MR) is 81.1 cm³/mol. The van der Waals surface area contributed by atoms with E-state index >= 15 is 0 Å². The molecule has 116 valence electrons. The van der Waals surface area contributed by atoms with Gasteiger partial charge in [0.15, 0.2) is 16.4 Å². The van der Waals surface area contributed by atoms with Gasteiger partial charge < -0.3 is 9.64 Å². The molecule has 0 radical (unpaired) electrons. The topological polar surface area (TPSA) is 63.7 Å². The lowest BCUT2D eigenvalue weighted by atomic mass is 10.2. The number of amides is 1. The Morgan fingerprint density at radius 3 is 2.52 bits per heavy atom. The number of benzene rings is 1. The average Bonchev–Trinajstić information content (AvgIpc) is 2.84. The second-order valence-electron chi connectivity index (χ2n) is 5.35. The van der Waals surface area contributed by atoms with E-state index in [-0.39, 0.29) is 30.1 Å². The van der Waals surface area contributed by atoms with Gasteiger partial charge >= 0.3 is 0 Å². The summed E-state index contributed by atoms with van der Waals surface area (Å²) in [5.74, 6) is 0.666. The number of carbonyl (C=O) groups is 1. The number of nitrogens with zero attached hydrogens (tertiary/aromatic N) is 1. The zero-order chi connectivity index (χ0) is 15.5. The van der Waals surface area contributed by atoms with E-state index < -0.39 is 9.84 Å². The zero-order valence-corrected chi connectivity index (χ0v) is 13.2.